The fourth-order valence-electron chi connectivity index (χ4n) is 1.68. The number of hydrogen-bond acceptors (Lipinski definition) is 4. The molecular weight excluding hydrogens is 301 g/mol. The normalized spacial score (nSPS) is 12.9. The van der Waals surface area contributed by atoms with E-state index in [1.807, 2.05) is 0 Å². The van der Waals surface area contributed by atoms with Crippen LogP contribution in [0, 0.1) is 12.7 Å². The van der Waals surface area contributed by atoms with Crippen LogP contribution in [0.5, 0.6) is 0 Å². The molecule has 116 valence electrons. The van der Waals surface area contributed by atoms with E-state index in [1.54, 1.807) is 0 Å². The van der Waals surface area contributed by atoms with Crippen molar-refractivity contribution in [3.05, 3.63) is 41.7 Å². The van der Waals surface area contributed by atoms with Crippen LogP contribution >= 0.6 is 0 Å². The SMILES string of the molecule is C=CC(COC)NS(=O)(=O)c1cc(C)cc(C(=O)O)c1F. The zero-order chi connectivity index (χ0) is 16.2. The van der Waals surface area contributed by atoms with Gasteiger partial charge >= 0.3 is 5.97 Å². The van der Waals surface area contributed by atoms with Crippen molar-refractivity contribution in [2.75, 3.05) is 13.7 Å². The van der Waals surface area contributed by atoms with Crippen LogP contribution in [0.2, 0.25) is 0 Å². The molecule has 0 saturated heterocycles. The number of carboxylic acids is 1. The van der Waals surface area contributed by atoms with Crippen LogP contribution < -0.4 is 4.72 Å². The first-order valence-electron chi connectivity index (χ1n) is 5.90. The molecule has 6 nitrogen and oxygen atoms in total. The smallest absolute Gasteiger partial charge is 0.338 e. The number of aryl methyl sites for hydroxylation is 1. The average molecular weight is 317 g/mol. The Morgan fingerprint density at radius 1 is 1.57 bits per heavy atom. The highest BCUT2D eigenvalue weighted by atomic mass is 32.2. The van der Waals surface area contributed by atoms with E-state index in [0.29, 0.717) is 5.56 Å². The monoisotopic (exact) mass is 317 g/mol. The number of sulfonamides is 1. The first-order valence-corrected chi connectivity index (χ1v) is 7.38. The van der Waals surface area contributed by atoms with Gasteiger partial charge in [0.15, 0.2) is 5.82 Å². The van der Waals surface area contributed by atoms with Crippen molar-refractivity contribution >= 4 is 16.0 Å². The third-order valence-electron chi connectivity index (χ3n) is 2.64. The van der Waals surface area contributed by atoms with E-state index in [1.165, 1.54) is 20.1 Å². The van der Waals surface area contributed by atoms with Gasteiger partial charge in [0.05, 0.1) is 18.2 Å². The van der Waals surface area contributed by atoms with Crippen LogP contribution in [0.3, 0.4) is 0 Å². The Morgan fingerprint density at radius 2 is 2.19 bits per heavy atom. The summed E-state index contributed by atoms with van der Waals surface area (Å²) in [6.07, 6.45) is 1.30. The lowest BCUT2D eigenvalue weighted by Gasteiger charge is -2.15. The summed E-state index contributed by atoms with van der Waals surface area (Å²) in [6.45, 7) is 4.94. The van der Waals surface area contributed by atoms with Crippen LogP contribution in [-0.4, -0.2) is 39.3 Å². The van der Waals surface area contributed by atoms with Crippen molar-refractivity contribution in [1.29, 1.82) is 0 Å². The van der Waals surface area contributed by atoms with E-state index in [4.69, 9.17) is 9.84 Å². The van der Waals surface area contributed by atoms with E-state index in [-0.39, 0.29) is 6.61 Å². The Hall–Kier alpha value is -1.77. The number of ether oxygens (including phenoxy) is 1. The van der Waals surface area contributed by atoms with Crippen molar-refractivity contribution in [2.45, 2.75) is 17.9 Å². The molecular formula is C13H16FNO5S. The van der Waals surface area contributed by atoms with Crippen LogP contribution in [0.15, 0.2) is 29.7 Å². The lowest BCUT2D eigenvalue weighted by atomic mass is 10.1. The van der Waals surface area contributed by atoms with Gasteiger partial charge in [-0.3, -0.25) is 0 Å². The number of carbonyl (C=O) groups is 1. The van der Waals surface area contributed by atoms with Gasteiger partial charge in [-0.15, -0.1) is 6.58 Å². The van der Waals surface area contributed by atoms with Crippen LogP contribution in [0.4, 0.5) is 4.39 Å². The molecule has 0 fully saturated rings. The minimum absolute atomic E-state index is 0.0158. The highest BCUT2D eigenvalue weighted by Crippen LogP contribution is 2.21. The van der Waals surface area contributed by atoms with Gasteiger partial charge in [0.1, 0.15) is 4.90 Å². The summed E-state index contributed by atoms with van der Waals surface area (Å²) >= 11 is 0. The van der Waals surface area contributed by atoms with Crippen molar-refractivity contribution in [2.24, 2.45) is 0 Å². The van der Waals surface area contributed by atoms with Gasteiger partial charge in [-0.25, -0.2) is 22.3 Å². The molecule has 0 aliphatic heterocycles. The number of aromatic carboxylic acids is 1. The molecule has 1 atom stereocenters. The third-order valence-corrected chi connectivity index (χ3v) is 4.13. The second kappa shape index (κ2) is 6.79. The van der Waals surface area contributed by atoms with E-state index >= 15 is 0 Å². The molecule has 0 saturated carbocycles. The van der Waals surface area contributed by atoms with Crippen LogP contribution in [-0.2, 0) is 14.8 Å². The Balaban J connectivity index is 3.31. The molecule has 21 heavy (non-hydrogen) atoms. The summed E-state index contributed by atoms with van der Waals surface area (Å²) < 4.78 is 45.4. The van der Waals surface area contributed by atoms with Crippen molar-refractivity contribution < 1.29 is 27.4 Å². The summed E-state index contributed by atoms with van der Waals surface area (Å²) in [5.74, 6) is -2.84. The maximum Gasteiger partial charge on any atom is 0.338 e. The first-order chi connectivity index (χ1) is 9.72. The number of carboxylic acid groups (broad SMARTS) is 1. The minimum atomic E-state index is -4.24. The molecule has 1 rings (SSSR count). The largest absolute Gasteiger partial charge is 0.478 e. The molecule has 0 aromatic heterocycles. The fraction of sp³-hybridized carbons (Fsp3) is 0.308. The molecule has 0 amide bonds. The number of methoxy groups -OCH3 is 1. The molecule has 2 N–H and O–H groups in total. The van der Waals surface area contributed by atoms with Crippen LogP contribution in [0.1, 0.15) is 15.9 Å². The van der Waals surface area contributed by atoms with E-state index in [2.05, 4.69) is 11.3 Å². The van der Waals surface area contributed by atoms with Crippen molar-refractivity contribution in [1.82, 2.24) is 4.72 Å². The summed E-state index contributed by atoms with van der Waals surface area (Å²) in [5, 5.41) is 8.90. The predicted molar refractivity (Wildman–Crippen MR) is 74.3 cm³/mol. The fourth-order valence-corrected chi connectivity index (χ4v) is 3.06. The molecule has 1 unspecified atom stereocenters. The second-order valence-corrected chi connectivity index (χ2v) is 6.03. The highest BCUT2D eigenvalue weighted by molar-refractivity contribution is 7.89. The predicted octanol–water partition coefficient (Wildman–Crippen LogP) is 1.31. The molecule has 0 aliphatic carbocycles. The topological polar surface area (TPSA) is 92.7 Å². The lowest BCUT2D eigenvalue weighted by Crippen LogP contribution is -2.37. The molecule has 0 heterocycles. The van der Waals surface area contributed by atoms with Gasteiger partial charge in [-0.05, 0) is 24.6 Å². The van der Waals surface area contributed by atoms with Gasteiger partial charge < -0.3 is 9.84 Å². The number of halogens is 1. The Kier molecular flexibility index (Phi) is 5.59. The van der Waals surface area contributed by atoms with Crippen LogP contribution in [0.25, 0.3) is 0 Å². The number of rotatable bonds is 7. The summed E-state index contributed by atoms with van der Waals surface area (Å²) in [6, 6.07) is 1.38. The third kappa shape index (κ3) is 4.10. The number of hydrogen-bond donors (Lipinski definition) is 2. The van der Waals surface area contributed by atoms with Gasteiger partial charge in [-0.2, -0.15) is 0 Å². The maximum absolute atomic E-state index is 14.1. The van der Waals surface area contributed by atoms with E-state index in [9.17, 15) is 17.6 Å². The molecule has 8 heteroatoms. The van der Waals surface area contributed by atoms with E-state index < -0.39 is 38.3 Å². The maximum atomic E-state index is 14.1. The minimum Gasteiger partial charge on any atom is -0.478 e. The summed E-state index contributed by atoms with van der Waals surface area (Å²) in [7, 11) is -2.87. The molecule has 0 aliphatic rings. The number of benzene rings is 1. The van der Waals surface area contributed by atoms with Gasteiger partial charge in [0.25, 0.3) is 0 Å². The first kappa shape index (κ1) is 17.3. The second-order valence-electron chi connectivity index (χ2n) is 4.35. The Morgan fingerprint density at radius 3 is 2.67 bits per heavy atom. The summed E-state index contributed by atoms with van der Waals surface area (Å²) in [4.78, 5) is 10.2. The highest BCUT2D eigenvalue weighted by Gasteiger charge is 2.26. The van der Waals surface area contributed by atoms with Crippen molar-refractivity contribution in [3.63, 3.8) is 0 Å². The zero-order valence-corrected chi connectivity index (χ0v) is 12.4. The zero-order valence-electron chi connectivity index (χ0n) is 11.6. The molecule has 0 radical (unpaired) electrons. The molecule has 1 aromatic carbocycles. The van der Waals surface area contributed by atoms with Gasteiger partial charge in [0.2, 0.25) is 10.0 Å². The standard InChI is InChI=1S/C13H16FNO5S/c1-4-9(7-20-3)15-21(18,19)11-6-8(2)5-10(12(11)14)13(16)17/h4-6,9,15H,1,7H2,2-3H3,(H,16,17). The quantitative estimate of drug-likeness (QED) is 0.740. The van der Waals surface area contributed by atoms with Gasteiger partial charge in [-0.1, -0.05) is 6.08 Å². The summed E-state index contributed by atoms with van der Waals surface area (Å²) in [5.41, 5.74) is -0.381. The lowest BCUT2D eigenvalue weighted by molar-refractivity contribution is 0.0691. The molecule has 1 aromatic rings. The number of nitrogens with one attached hydrogen (secondary N) is 1. The molecule has 0 spiro atoms. The average Bonchev–Trinajstić information content (AvgIpc) is 2.39. The van der Waals surface area contributed by atoms with Crippen molar-refractivity contribution in [3.8, 4) is 0 Å². The van der Waals surface area contributed by atoms with Gasteiger partial charge in [0, 0.05) is 7.11 Å². The Labute approximate surface area is 122 Å². The Bertz CT molecular complexity index is 657. The van der Waals surface area contributed by atoms with E-state index in [0.717, 1.165) is 12.1 Å². The molecule has 0 bridgehead atoms.